The maximum atomic E-state index is 12.8. The molecule has 0 saturated carbocycles. The molecule has 0 amide bonds. The molecule has 2 rings (SSSR count). The predicted molar refractivity (Wildman–Crippen MR) is 69.9 cm³/mol. The first-order chi connectivity index (χ1) is 10.0. The van der Waals surface area contributed by atoms with E-state index in [0.29, 0.717) is 17.4 Å². The maximum absolute atomic E-state index is 12.8. The van der Waals surface area contributed by atoms with Crippen LogP contribution in [-0.4, -0.2) is 22.8 Å². The van der Waals surface area contributed by atoms with Crippen LogP contribution >= 0.6 is 0 Å². The van der Waals surface area contributed by atoms with E-state index in [-0.39, 0.29) is 11.2 Å². The fourth-order valence-corrected chi connectivity index (χ4v) is 1.61. The molecule has 0 aliphatic carbocycles. The number of ether oxygens (including phenoxy) is 2. The molecule has 7 nitrogen and oxygen atoms in total. The molecule has 0 bridgehead atoms. The van der Waals surface area contributed by atoms with E-state index in [9.17, 15) is 18.8 Å². The number of nitrogens with zero attached hydrogens (tertiary/aromatic N) is 1. The van der Waals surface area contributed by atoms with E-state index in [2.05, 4.69) is 0 Å². The van der Waals surface area contributed by atoms with Crippen LogP contribution in [0.3, 0.4) is 0 Å². The summed E-state index contributed by atoms with van der Waals surface area (Å²) in [5.74, 6) is -0.554. The quantitative estimate of drug-likeness (QED) is 0.848. The molecule has 0 atom stereocenters. The SMILES string of the molecule is COc1cccc(COC(=O)n2c(=O)cc(F)[nH]c2=O)c1. The topological polar surface area (TPSA) is 90.4 Å². The smallest absolute Gasteiger partial charge is 0.425 e. The van der Waals surface area contributed by atoms with Gasteiger partial charge in [0, 0.05) is 0 Å². The minimum absolute atomic E-state index is 0.167. The fraction of sp³-hybridized carbons (Fsp3) is 0.154. The monoisotopic (exact) mass is 294 g/mol. The Labute approximate surface area is 117 Å². The summed E-state index contributed by atoms with van der Waals surface area (Å²) in [6.45, 7) is -0.167. The van der Waals surface area contributed by atoms with Crippen molar-refractivity contribution in [2.75, 3.05) is 7.11 Å². The maximum Gasteiger partial charge on any atom is 0.425 e. The van der Waals surface area contributed by atoms with Gasteiger partial charge in [0.05, 0.1) is 13.2 Å². The summed E-state index contributed by atoms with van der Waals surface area (Å²) in [6, 6.07) is 7.19. The Balaban J connectivity index is 2.16. The Hall–Kier alpha value is -2.90. The first-order valence-electron chi connectivity index (χ1n) is 5.83. The van der Waals surface area contributed by atoms with E-state index < -0.39 is 23.3 Å². The van der Waals surface area contributed by atoms with E-state index in [1.165, 1.54) is 7.11 Å². The first-order valence-corrected chi connectivity index (χ1v) is 5.83. The van der Waals surface area contributed by atoms with Gasteiger partial charge in [-0.2, -0.15) is 8.96 Å². The van der Waals surface area contributed by atoms with Crippen LogP contribution < -0.4 is 16.0 Å². The van der Waals surface area contributed by atoms with E-state index in [4.69, 9.17) is 9.47 Å². The zero-order valence-corrected chi connectivity index (χ0v) is 11.0. The molecule has 110 valence electrons. The van der Waals surface area contributed by atoms with Crippen molar-refractivity contribution in [2.45, 2.75) is 6.61 Å². The van der Waals surface area contributed by atoms with Crippen LogP contribution in [-0.2, 0) is 11.3 Å². The average molecular weight is 294 g/mol. The minimum Gasteiger partial charge on any atom is -0.497 e. The molecule has 0 unspecified atom stereocenters. The molecule has 1 aromatic carbocycles. The molecule has 0 spiro atoms. The molecular weight excluding hydrogens is 283 g/mol. The Bertz CT molecular complexity index is 749. The zero-order valence-electron chi connectivity index (χ0n) is 11.0. The Morgan fingerprint density at radius 1 is 1.33 bits per heavy atom. The molecule has 0 radical (unpaired) electrons. The van der Waals surface area contributed by atoms with Crippen LogP contribution in [0.5, 0.6) is 5.75 Å². The number of carbonyl (C=O) groups is 1. The molecule has 0 aliphatic rings. The van der Waals surface area contributed by atoms with E-state index >= 15 is 0 Å². The number of halogens is 1. The molecule has 0 saturated heterocycles. The summed E-state index contributed by atoms with van der Waals surface area (Å²) < 4.78 is 22.8. The number of methoxy groups -OCH3 is 1. The van der Waals surface area contributed by atoms with Crippen LogP contribution in [0.4, 0.5) is 9.18 Å². The van der Waals surface area contributed by atoms with Gasteiger partial charge in [-0.1, -0.05) is 12.1 Å². The number of hydrogen-bond donors (Lipinski definition) is 1. The number of H-pyrrole nitrogens is 1. The normalized spacial score (nSPS) is 10.2. The third kappa shape index (κ3) is 3.35. The van der Waals surface area contributed by atoms with Crippen LogP contribution in [0.15, 0.2) is 39.9 Å². The van der Waals surface area contributed by atoms with Crippen molar-refractivity contribution >= 4 is 6.09 Å². The van der Waals surface area contributed by atoms with Gasteiger partial charge in [0.15, 0.2) is 0 Å². The third-order valence-corrected chi connectivity index (χ3v) is 2.58. The highest BCUT2D eigenvalue weighted by molar-refractivity contribution is 5.69. The molecule has 1 aromatic heterocycles. The number of aromatic amines is 1. The standard InChI is InChI=1S/C13H11FN2O5/c1-20-9-4-2-3-8(5-9)7-21-13(19)16-11(17)6-10(14)15-12(16)18/h2-6H,7H2,1H3,(H,15,18). The van der Waals surface area contributed by atoms with Crippen LogP contribution in [0.2, 0.25) is 0 Å². The number of aromatic nitrogens is 2. The molecule has 8 heteroatoms. The van der Waals surface area contributed by atoms with Gasteiger partial charge in [-0.3, -0.25) is 9.78 Å². The molecule has 0 aliphatic heterocycles. The van der Waals surface area contributed by atoms with Crippen molar-refractivity contribution in [3.05, 3.63) is 62.7 Å². The van der Waals surface area contributed by atoms with E-state index in [0.717, 1.165) is 0 Å². The second-order valence-electron chi connectivity index (χ2n) is 4.00. The number of benzene rings is 1. The van der Waals surface area contributed by atoms with Crippen LogP contribution in [0.1, 0.15) is 5.56 Å². The Morgan fingerprint density at radius 3 is 2.76 bits per heavy atom. The number of nitrogens with one attached hydrogen (secondary N) is 1. The Kier molecular flexibility index (Phi) is 4.17. The van der Waals surface area contributed by atoms with Crippen LogP contribution in [0.25, 0.3) is 0 Å². The van der Waals surface area contributed by atoms with Crippen molar-refractivity contribution in [3.8, 4) is 5.75 Å². The van der Waals surface area contributed by atoms with E-state index in [1.807, 2.05) is 0 Å². The third-order valence-electron chi connectivity index (χ3n) is 2.58. The second kappa shape index (κ2) is 6.04. The summed E-state index contributed by atoms with van der Waals surface area (Å²) in [7, 11) is 1.49. The van der Waals surface area contributed by atoms with Gasteiger partial charge in [0.25, 0.3) is 5.56 Å². The minimum atomic E-state index is -1.20. The fourth-order valence-electron chi connectivity index (χ4n) is 1.61. The molecule has 0 fully saturated rings. The summed E-state index contributed by atoms with van der Waals surface area (Å²) in [4.78, 5) is 36.1. The van der Waals surface area contributed by atoms with Gasteiger partial charge in [0.2, 0.25) is 5.95 Å². The van der Waals surface area contributed by atoms with Crippen molar-refractivity contribution in [1.82, 2.24) is 9.55 Å². The average Bonchev–Trinajstić information content (AvgIpc) is 2.44. The largest absolute Gasteiger partial charge is 0.497 e. The lowest BCUT2D eigenvalue weighted by atomic mass is 10.2. The van der Waals surface area contributed by atoms with Crippen molar-refractivity contribution < 1.29 is 18.7 Å². The van der Waals surface area contributed by atoms with Gasteiger partial charge in [-0.05, 0) is 17.7 Å². The highest BCUT2D eigenvalue weighted by Gasteiger charge is 2.14. The number of carbonyl (C=O) groups excluding carboxylic acids is 1. The highest BCUT2D eigenvalue weighted by Crippen LogP contribution is 2.13. The van der Waals surface area contributed by atoms with Gasteiger partial charge in [-0.15, -0.1) is 0 Å². The molecule has 21 heavy (non-hydrogen) atoms. The van der Waals surface area contributed by atoms with Crippen LogP contribution in [0, 0.1) is 5.95 Å². The van der Waals surface area contributed by atoms with Gasteiger partial charge < -0.3 is 9.47 Å². The van der Waals surface area contributed by atoms with Crippen molar-refractivity contribution in [3.63, 3.8) is 0 Å². The predicted octanol–water partition coefficient (Wildman–Crippen LogP) is 0.869. The number of rotatable bonds is 3. The number of hydrogen-bond acceptors (Lipinski definition) is 5. The first kappa shape index (κ1) is 14.5. The molecular formula is C13H11FN2O5. The molecule has 1 N–H and O–H groups in total. The second-order valence-corrected chi connectivity index (χ2v) is 4.00. The van der Waals surface area contributed by atoms with Crippen molar-refractivity contribution in [2.24, 2.45) is 0 Å². The lowest BCUT2D eigenvalue weighted by Gasteiger charge is -2.07. The molecule has 2 aromatic rings. The van der Waals surface area contributed by atoms with Crippen molar-refractivity contribution in [1.29, 1.82) is 0 Å². The summed E-state index contributed by atoms with van der Waals surface area (Å²) in [6.07, 6.45) is -1.19. The molecule has 1 heterocycles. The Morgan fingerprint density at radius 2 is 2.10 bits per heavy atom. The van der Waals surface area contributed by atoms with Gasteiger partial charge in [0.1, 0.15) is 12.4 Å². The van der Waals surface area contributed by atoms with E-state index in [1.54, 1.807) is 29.2 Å². The summed E-state index contributed by atoms with van der Waals surface area (Å²) in [5.41, 5.74) is -1.70. The highest BCUT2D eigenvalue weighted by atomic mass is 19.1. The zero-order chi connectivity index (χ0) is 15.4. The lowest BCUT2D eigenvalue weighted by molar-refractivity contribution is 0.138. The van der Waals surface area contributed by atoms with Gasteiger partial charge >= 0.3 is 11.8 Å². The summed E-state index contributed by atoms with van der Waals surface area (Å²) >= 11 is 0. The lowest BCUT2D eigenvalue weighted by Crippen LogP contribution is -2.40. The van der Waals surface area contributed by atoms with Gasteiger partial charge in [-0.25, -0.2) is 9.59 Å². The summed E-state index contributed by atoms with van der Waals surface area (Å²) in [5, 5.41) is 0.